The van der Waals surface area contributed by atoms with Crippen molar-refractivity contribution in [1.29, 1.82) is 0 Å². The molecule has 2 N–H and O–H groups in total. The first-order chi connectivity index (χ1) is 12.5. The fraction of sp³-hybridized carbons (Fsp3) is 0.636. The van der Waals surface area contributed by atoms with Crippen LogP contribution in [0.4, 0.5) is 0 Å². The zero-order valence-electron chi connectivity index (χ0n) is 16.0. The highest BCUT2D eigenvalue weighted by atomic mass is 16.4. The van der Waals surface area contributed by atoms with Gasteiger partial charge in [0.25, 0.3) is 0 Å². The average molecular weight is 363 g/mol. The fourth-order valence-electron chi connectivity index (χ4n) is 3.16. The molecule has 1 rings (SSSR count). The quantitative estimate of drug-likeness (QED) is 0.343. The molecule has 0 aromatic heterocycles. The van der Waals surface area contributed by atoms with Gasteiger partial charge in [0.1, 0.15) is 0 Å². The maximum atomic E-state index is 12.0. The van der Waals surface area contributed by atoms with Gasteiger partial charge in [-0.25, -0.2) is 0 Å². The van der Waals surface area contributed by atoms with Gasteiger partial charge in [-0.2, -0.15) is 0 Å². The lowest BCUT2D eigenvalue weighted by atomic mass is 9.90. The Kier molecular flexibility index (Phi) is 11.6. The Morgan fingerprint density at radius 3 is 2.73 bits per heavy atom. The Balaban J connectivity index is 2.31. The fourth-order valence-corrected chi connectivity index (χ4v) is 3.16. The number of rotatable bonds is 14. The van der Waals surface area contributed by atoms with Crippen LogP contribution in [0.2, 0.25) is 0 Å². The lowest BCUT2D eigenvalue weighted by Crippen LogP contribution is -2.14. The molecule has 0 saturated heterocycles. The van der Waals surface area contributed by atoms with Crippen molar-refractivity contribution in [3.63, 3.8) is 0 Å². The highest BCUT2D eigenvalue weighted by molar-refractivity contribution is 5.95. The molecule has 0 saturated carbocycles. The minimum Gasteiger partial charge on any atom is -0.481 e. The molecule has 0 radical (unpaired) electrons. The number of aliphatic hydroxyl groups is 1. The maximum absolute atomic E-state index is 12.0. The van der Waals surface area contributed by atoms with Crippen LogP contribution in [0.3, 0.4) is 0 Å². The minimum atomic E-state index is -0.775. The van der Waals surface area contributed by atoms with Crippen molar-refractivity contribution in [2.45, 2.75) is 77.2 Å². The smallest absolute Gasteiger partial charge is 0.303 e. The lowest BCUT2D eigenvalue weighted by molar-refractivity contribution is -0.137. The van der Waals surface area contributed by atoms with Crippen LogP contribution >= 0.6 is 0 Å². The molecule has 4 nitrogen and oxygen atoms in total. The van der Waals surface area contributed by atoms with Gasteiger partial charge < -0.3 is 10.2 Å². The summed E-state index contributed by atoms with van der Waals surface area (Å²) in [4.78, 5) is 22.5. The van der Waals surface area contributed by atoms with E-state index in [2.05, 4.69) is 19.1 Å². The molecule has 0 unspecified atom stereocenters. The molecule has 1 aliphatic carbocycles. The monoisotopic (exact) mass is 362 g/mol. The van der Waals surface area contributed by atoms with Gasteiger partial charge in [0, 0.05) is 12.3 Å². The number of unbranched alkanes of at least 4 members (excludes halogenated alkanes) is 5. The first-order valence-electron chi connectivity index (χ1n) is 9.99. The number of aliphatic carboxylic acids is 1. The van der Waals surface area contributed by atoms with Crippen molar-refractivity contribution in [1.82, 2.24) is 0 Å². The normalized spacial score (nSPS) is 21.2. The molecule has 0 spiro atoms. The number of allylic oxidation sites excluding steroid dienone is 5. The molecule has 0 heterocycles. The standard InChI is InChI=1S/C22H34O4/c1-2-3-4-5-6-8-11-18-14-17-21(24)20(18)16-15-19(23)12-9-7-10-13-22(25)26/h6,8,14-20,23H,2-5,7,9-13H2,1H3,(H,25,26)/b8-6-,16-15+/t18-,19+,20-/m1/s1. The first-order valence-corrected chi connectivity index (χ1v) is 9.99. The van der Waals surface area contributed by atoms with Gasteiger partial charge in [0.2, 0.25) is 0 Å². The minimum absolute atomic E-state index is 0.110. The molecule has 0 aromatic rings. The van der Waals surface area contributed by atoms with Crippen LogP contribution in [-0.4, -0.2) is 28.1 Å². The largest absolute Gasteiger partial charge is 0.481 e. The zero-order chi connectivity index (χ0) is 19.2. The third-order valence-corrected chi connectivity index (χ3v) is 4.78. The van der Waals surface area contributed by atoms with Gasteiger partial charge in [0.05, 0.1) is 6.10 Å². The molecular weight excluding hydrogens is 328 g/mol. The second-order valence-electron chi connectivity index (χ2n) is 7.10. The number of carboxylic acid groups (broad SMARTS) is 1. The second kappa shape index (κ2) is 13.5. The van der Waals surface area contributed by atoms with Crippen LogP contribution in [0, 0.1) is 11.8 Å². The maximum Gasteiger partial charge on any atom is 0.303 e. The van der Waals surface area contributed by atoms with E-state index < -0.39 is 12.1 Å². The number of carbonyl (C=O) groups excluding carboxylic acids is 1. The summed E-state index contributed by atoms with van der Waals surface area (Å²) >= 11 is 0. The van der Waals surface area contributed by atoms with Crippen molar-refractivity contribution >= 4 is 11.8 Å². The molecule has 0 bridgehead atoms. The number of carbonyl (C=O) groups is 2. The van der Waals surface area contributed by atoms with Crippen molar-refractivity contribution in [3.8, 4) is 0 Å². The van der Waals surface area contributed by atoms with Crippen LogP contribution < -0.4 is 0 Å². The van der Waals surface area contributed by atoms with Gasteiger partial charge in [-0.15, -0.1) is 0 Å². The van der Waals surface area contributed by atoms with Gasteiger partial charge in [0.15, 0.2) is 5.78 Å². The number of hydrogen-bond donors (Lipinski definition) is 2. The molecule has 1 aliphatic rings. The first kappa shape index (κ1) is 22.4. The van der Waals surface area contributed by atoms with Gasteiger partial charge in [-0.3, -0.25) is 9.59 Å². The number of hydrogen-bond acceptors (Lipinski definition) is 3. The van der Waals surface area contributed by atoms with Crippen LogP contribution in [0.25, 0.3) is 0 Å². The van der Waals surface area contributed by atoms with Crippen molar-refractivity contribution in [2.24, 2.45) is 11.8 Å². The summed E-state index contributed by atoms with van der Waals surface area (Å²) in [6.45, 7) is 2.19. The van der Waals surface area contributed by atoms with Crippen LogP contribution in [0.5, 0.6) is 0 Å². The Hall–Kier alpha value is -1.68. The molecular formula is C22H34O4. The summed E-state index contributed by atoms with van der Waals surface area (Å²) in [5.74, 6) is -0.650. The van der Waals surface area contributed by atoms with Crippen LogP contribution in [0.1, 0.15) is 71.1 Å². The number of aliphatic hydroxyl groups excluding tert-OH is 1. The number of ketones is 1. The molecule has 0 amide bonds. The summed E-state index contributed by atoms with van der Waals surface area (Å²) in [5.41, 5.74) is 0. The third-order valence-electron chi connectivity index (χ3n) is 4.78. The molecule has 4 heteroatoms. The Morgan fingerprint density at radius 2 is 2.00 bits per heavy atom. The molecule has 0 aliphatic heterocycles. The third kappa shape index (κ3) is 9.71. The predicted octanol–water partition coefficient (Wildman–Crippen LogP) is 4.84. The van der Waals surface area contributed by atoms with Gasteiger partial charge >= 0.3 is 5.97 Å². The summed E-state index contributed by atoms with van der Waals surface area (Å²) < 4.78 is 0. The van der Waals surface area contributed by atoms with E-state index in [4.69, 9.17) is 5.11 Å². The highest BCUT2D eigenvalue weighted by Crippen LogP contribution is 2.27. The van der Waals surface area contributed by atoms with E-state index in [1.165, 1.54) is 19.3 Å². The van der Waals surface area contributed by atoms with Crippen LogP contribution in [0.15, 0.2) is 36.5 Å². The second-order valence-corrected chi connectivity index (χ2v) is 7.10. The SMILES string of the molecule is CCCCC/C=C\C[C@@H]1C=CC(=O)[C@@H]1/C=C/[C@@H](O)CCCCCC(=O)O. The van der Waals surface area contributed by atoms with Crippen LogP contribution in [-0.2, 0) is 9.59 Å². The topological polar surface area (TPSA) is 74.6 Å². The lowest BCUT2D eigenvalue weighted by Gasteiger charge is -2.13. The Bertz CT molecular complexity index is 504. The Morgan fingerprint density at radius 1 is 1.19 bits per heavy atom. The van der Waals surface area contributed by atoms with Gasteiger partial charge in [-0.1, -0.05) is 63.0 Å². The summed E-state index contributed by atoms with van der Waals surface area (Å²) in [6.07, 6.45) is 19.7. The van der Waals surface area contributed by atoms with E-state index in [-0.39, 0.29) is 24.0 Å². The summed E-state index contributed by atoms with van der Waals surface area (Å²) in [7, 11) is 0. The average Bonchev–Trinajstić information content (AvgIpc) is 2.95. The van der Waals surface area contributed by atoms with Gasteiger partial charge in [-0.05, 0) is 44.1 Å². The molecule has 0 fully saturated rings. The summed E-state index contributed by atoms with van der Waals surface area (Å²) in [5, 5.41) is 18.6. The van der Waals surface area contributed by atoms with Crippen molar-refractivity contribution < 1.29 is 19.8 Å². The van der Waals surface area contributed by atoms with E-state index >= 15 is 0 Å². The van der Waals surface area contributed by atoms with E-state index in [1.807, 2.05) is 12.2 Å². The van der Waals surface area contributed by atoms with E-state index in [0.29, 0.717) is 12.8 Å². The van der Waals surface area contributed by atoms with E-state index in [0.717, 1.165) is 25.7 Å². The van der Waals surface area contributed by atoms with E-state index in [9.17, 15) is 14.7 Å². The Labute approximate surface area is 157 Å². The zero-order valence-corrected chi connectivity index (χ0v) is 16.0. The predicted molar refractivity (Wildman–Crippen MR) is 105 cm³/mol. The number of carboxylic acids is 1. The highest BCUT2D eigenvalue weighted by Gasteiger charge is 2.26. The molecule has 146 valence electrons. The van der Waals surface area contributed by atoms with Crippen molar-refractivity contribution in [2.75, 3.05) is 0 Å². The summed E-state index contributed by atoms with van der Waals surface area (Å²) in [6, 6.07) is 0. The van der Waals surface area contributed by atoms with Crippen molar-refractivity contribution in [3.05, 3.63) is 36.5 Å². The van der Waals surface area contributed by atoms with E-state index in [1.54, 1.807) is 12.2 Å². The molecule has 26 heavy (non-hydrogen) atoms. The molecule has 0 aromatic carbocycles. The molecule has 3 atom stereocenters.